The van der Waals surface area contributed by atoms with Gasteiger partial charge in [-0.2, -0.15) is 0 Å². The van der Waals surface area contributed by atoms with Crippen LogP contribution in [0.2, 0.25) is 0 Å². The van der Waals surface area contributed by atoms with Crippen molar-refractivity contribution in [1.29, 1.82) is 0 Å². The fraction of sp³-hybridized carbons (Fsp3) is 0.600. The fourth-order valence-electron chi connectivity index (χ4n) is 2.46. The molecule has 110 valence electrons. The quantitative estimate of drug-likeness (QED) is 0.920. The first kappa shape index (κ1) is 14.8. The van der Waals surface area contributed by atoms with Crippen molar-refractivity contribution < 1.29 is 9.53 Å². The largest absolute Gasteiger partial charge is 0.382 e. The van der Waals surface area contributed by atoms with E-state index in [0.29, 0.717) is 11.7 Å². The van der Waals surface area contributed by atoms with Gasteiger partial charge in [0.2, 0.25) is 0 Å². The molecular formula is C15H23N3O2. The maximum absolute atomic E-state index is 11.9. The minimum Gasteiger partial charge on any atom is -0.382 e. The fourth-order valence-corrected chi connectivity index (χ4v) is 2.46. The number of pyridine rings is 1. The number of hydrogen-bond donors (Lipinski definition) is 1. The van der Waals surface area contributed by atoms with Crippen molar-refractivity contribution in [2.45, 2.75) is 38.3 Å². The molecule has 1 aliphatic heterocycles. The predicted octanol–water partition coefficient (Wildman–Crippen LogP) is 2.15. The summed E-state index contributed by atoms with van der Waals surface area (Å²) in [7, 11) is 3.45. The van der Waals surface area contributed by atoms with Crippen LogP contribution in [0, 0.1) is 0 Å². The number of carbonyl (C=O) groups is 1. The number of amides is 1. The summed E-state index contributed by atoms with van der Waals surface area (Å²) in [5.74, 6) is -0.0824. The van der Waals surface area contributed by atoms with Crippen LogP contribution < -0.4 is 5.32 Å². The Balaban J connectivity index is 2.06. The maximum atomic E-state index is 11.9. The molecular weight excluding hydrogens is 254 g/mol. The van der Waals surface area contributed by atoms with E-state index in [1.54, 1.807) is 20.3 Å². The molecule has 0 radical (unpaired) electrons. The Morgan fingerprint density at radius 2 is 2.25 bits per heavy atom. The first-order chi connectivity index (χ1) is 9.37. The Kier molecular flexibility index (Phi) is 4.28. The monoisotopic (exact) mass is 277 g/mol. The summed E-state index contributed by atoms with van der Waals surface area (Å²) in [5.41, 5.74) is 1.31. The van der Waals surface area contributed by atoms with Gasteiger partial charge in [-0.05, 0) is 38.8 Å². The minimum absolute atomic E-state index is 0.0824. The maximum Gasteiger partial charge on any atom is 0.272 e. The average molecular weight is 277 g/mol. The lowest BCUT2D eigenvalue weighted by Crippen LogP contribution is -2.40. The van der Waals surface area contributed by atoms with Crippen molar-refractivity contribution >= 4 is 11.6 Å². The molecule has 1 aromatic heterocycles. The molecule has 1 atom stereocenters. The van der Waals surface area contributed by atoms with E-state index in [4.69, 9.17) is 4.74 Å². The van der Waals surface area contributed by atoms with Gasteiger partial charge in [0.25, 0.3) is 5.91 Å². The summed E-state index contributed by atoms with van der Waals surface area (Å²) in [6.45, 7) is 4.97. The summed E-state index contributed by atoms with van der Waals surface area (Å²) in [6.07, 6.45) is 3.60. The number of nitrogens with zero attached hydrogens (tertiary/aromatic N) is 2. The van der Waals surface area contributed by atoms with Crippen LogP contribution in [0.15, 0.2) is 18.3 Å². The van der Waals surface area contributed by atoms with Gasteiger partial charge in [-0.25, -0.2) is 0 Å². The summed E-state index contributed by atoms with van der Waals surface area (Å²) >= 11 is 0. The topological polar surface area (TPSA) is 54.5 Å². The highest BCUT2D eigenvalue weighted by Gasteiger charge is 2.28. The Morgan fingerprint density at radius 3 is 2.90 bits per heavy atom. The molecule has 1 aromatic rings. The molecule has 1 fully saturated rings. The lowest BCUT2D eigenvalue weighted by atomic mass is 9.94. The third-order valence-corrected chi connectivity index (χ3v) is 3.45. The lowest BCUT2D eigenvalue weighted by Gasteiger charge is -2.36. The molecule has 2 heterocycles. The molecule has 20 heavy (non-hydrogen) atoms. The molecule has 0 saturated carbocycles. The molecule has 1 aliphatic rings. The third-order valence-electron chi connectivity index (χ3n) is 3.45. The summed E-state index contributed by atoms with van der Waals surface area (Å²) in [4.78, 5) is 17.6. The second-order valence-corrected chi connectivity index (χ2v) is 6.07. The van der Waals surface area contributed by atoms with Crippen molar-refractivity contribution in [1.82, 2.24) is 9.88 Å². The second-order valence-electron chi connectivity index (χ2n) is 6.07. The van der Waals surface area contributed by atoms with E-state index in [9.17, 15) is 4.79 Å². The second kappa shape index (κ2) is 5.79. The third kappa shape index (κ3) is 3.70. The van der Waals surface area contributed by atoms with Gasteiger partial charge in [0.1, 0.15) is 5.69 Å². The van der Waals surface area contributed by atoms with Crippen LogP contribution in [0.1, 0.15) is 37.2 Å². The van der Waals surface area contributed by atoms with Crippen LogP contribution in [-0.4, -0.2) is 48.1 Å². The van der Waals surface area contributed by atoms with Crippen molar-refractivity contribution in [2.75, 3.05) is 26.0 Å². The average Bonchev–Trinajstić information content (AvgIpc) is 2.37. The van der Waals surface area contributed by atoms with Gasteiger partial charge in [-0.1, -0.05) is 0 Å². The minimum atomic E-state index is -0.0920. The van der Waals surface area contributed by atoms with Crippen LogP contribution in [0.3, 0.4) is 0 Å². The first-order valence-electron chi connectivity index (χ1n) is 6.95. The molecule has 0 aromatic carbocycles. The molecule has 0 bridgehead atoms. The zero-order chi connectivity index (χ0) is 14.8. The number of hydrogen-bond acceptors (Lipinski definition) is 4. The first-order valence-corrected chi connectivity index (χ1v) is 6.95. The molecule has 0 aliphatic carbocycles. The molecule has 5 heteroatoms. The van der Waals surface area contributed by atoms with Crippen LogP contribution in [0.5, 0.6) is 0 Å². The van der Waals surface area contributed by atoms with Crippen molar-refractivity contribution in [3.8, 4) is 0 Å². The van der Waals surface area contributed by atoms with Crippen LogP contribution in [0.4, 0.5) is 5.69 Å². The van der Waals surface area contributed by atoms with Crippen molar-refractivity contribution in [2.24, 2.45) is 0 Å². The molecule has 1 unspecified atom stereocenters. The van der Waals surface area contributed by atoms with Crippen molar-refractivity contribution in [3.05, 3.63) is 24.0 Å². The highest BCUT2D eigenvalue weighted by molar-refractivity contribution is 5.92. The van der Waals surface area contributed by atoms with Gasteiger partial charge in [0, 0.05) is 38.6 Å². The van der Waals surface area contributed by atoms with E-state index in [0.717, 1.165) is 25.1 Å². The van der Waals surface area contributed by atoms with Gasteiger partial charge in [0.05, 0.1) is 5.60 Å². The highest BCUT2D eigenvalue weighted by Crippen LogP contribution is 2.26. The van der Waals surface area contributed by atoms with E-state index in [1.165, 1.54) is 4.90 Å². The number of aromatic nitrogens is 1. The van der Waals surface area contributed by atoms with Crippen LogP contribution in [-0.2, 0) is 4.74 Å². The Labute approximate surface area is 120 Å². The van der Waals surface area contributed by atoms with Crippen LogP contribution >= 0.6 is 0 Å². The summed E-state index contributed by atoms with van der Waals surface area (Å²) < 4.78 is 5.71. The van der Waals surface area contributed by atoms with Gasteiger partial charge >= 0.3 is 0 Å². The zero-order valence-electron chi connectivity index (χ0n) is 12.6. The SMILES string of the molecule is CN(C)C(=O)c1cc(NC2CCOC(C)(C)C2)ccn1. The number of ether oxygens (including phenoxy) is 1. The Bertz CT molecular complexity index is 486. The van der Waals surface area contributed by atoms with Gasteiger partial charge in [-0.15, -0.1) is 0 Å². The van der Waals surface area contributed by atoms with Gasteiger partial charge < -0.3 is 15.0 Å². The van der Waals surface area contributed by atoms with E-state index < -0.39 is 0 Å². The Hall–Kier alpha value is -1.62. The van der Waals surface area contributed by atoms with Gasteiger partial charge in [0.15, 0.2) is 0 Å². The molecule has 0 spiro atoms. The van der Waals surface area contributed by atoms with Crippen LogP contribution in [0.25, 0.3) is 0 Å². The van der Waals surface area contributed by atoms with E-state index in [2.05, 4.69) is 24.1 Å². The normalized spacial score (nSPS) is 21.3. The summed E-state index contributed by atoms with van der Waals surface area (Å²) in [5, 5.41) is 3.48. The molecule has 5 nitrogen and oxygen atoms in total. The molecule has 1 saturated heterocycles. The molecule has 1 N–H and O–H groups in total. The number of nitrogens with one attached hydrogen (secondary N) is 1. The number of anilines is 1. The van der Waals surface area contributed by atoms with Crippen molar-refractivity contribution in [3.63, 3.8) is 0 Å². The molecule has 1 amide bonds. The predicted molar refractivity (Wildman–Crippen MR) is 78.9 cm³/mol. The lowest BCUT2D eigenvalue weighted by molar-refractivity contribution is -0.0553. The smallest absolute Gasteiger partial charge is 0.272 e. The van der Waals surface area contributed by atoms with E-state index in [1.807, 2.05) is 12.1 Å². The summed E-state index contributed by atoms with van der Waals surface area (Å²) in [6, 6.07) is 4.07. The Morgan fingerprint density at radius 1 is 1.50 bits per heavy atom. The number of rotatable bonds is 3. The number of carbonyl (C=O) groups excluding carboxylic acids is 1. The van der Waals surface area contributed by atoms with E-state index in [-0.39, 0.29) is 11.5 Å². The van der Waals surface area contributed by atoms with E-state index >= 15 is 0 Å². The highest BCUT2D eigenvalue weighted by atomic mass is 16.5. The zero-order valence-corrected chi connectivity index (χ0v) is 12.6. The molecule has 2 rings (SSSR count). The van der Waals surface area contributed by atoms with Gasteiger partial charge in [-0.3, -0.25) is 9.78 Å². The standard InChI is InChI=1S/C15H23N3O2/c1-15(2)10-12(6-8-20-15)17-11-5-7-16-13(9-11)14(19)18(3)4/h5,7,9,12H,6,8,10H2,1-4H3,(H,16,17).